The summed E-state index contributed by atoms with van der Waals surface area (Å²) in [4.78, 5) is 11.5. The highest BCUT2D eigenvalue weighted by Gasteiger charge is 2.20. The molecule has 0 aromatic heterocycles. The van der Waals surface area contributed by atoms with Crippen molar-refractivity contribution in [3.63, 3.8) is 0 Å². The normalized spacial score (nSPS) is 14.2. The third kappa shape index (κ3) is 7.45. The summed E-state index contributed by atoms with van der Waals surface area (Å²) in [6.45, 7) is 6.26. The molecule has 0 fully saturated rings. The van der Waals surface area contributed by atoms with Crippen LogP contribution in [0.4, 0.5) is 4.79 Å². The van der Waals surface area contributed by atoms with Crippen LogP contribution in [-0.2, 0) is 11.3 Å². The van der Waals surface area contributed by atoms with Crippen molar-refractivity contribution in [2.24, 2.45) is 0 Å². The van der Waals surface area contributed by atoms with Gasteiger partial charge in [0, 0.05) is 13.1 Å². The lowest BCUT2D eigenvalue weighted by Gasteiger charge is -2.21. The number of alkyl carbamates (subject to hydrolysis) is 1. The standard InChI is InChI=1S/C17H28N2O4/c1-17(2,3)23-16(22)19-9-8-14(20)15(21)13-7-5-6-12(10-13)11-18-4/h5-7,10,14-15,18,20-21H,8-9,11H2,1-4H3,(H,19,22). The summed E-state index contributed by atoms with van der Waals surface area (Å²) in [6.07, 6.45) is -2.26. The van der Waals surface area contributed by atoms with Crippen LogP contribution in [0.3, 0.4) is 0 Å². The monoisotopic (exact) mass is 324 g/mol. The zero-order valence-electron chi connectivity index (χ0n) is 14.3. The summed E-state index contributed by atoms with van der Waals surface area (Å²) >= 11 is 0. The Morgan fingerprint density at radius 2 is 2.00 bits per heavy atom. The van der Waals surface area contributed by atoms with Gasteiger partial charge in [-0.05, 0) is 45.4 Å². The molecule has 4 N–H and O–H groups in total. The van der Waals surface area contributed by atoms with E-state index in [1.54, 1.807) is 26.8 Å². The van der Waals surface area contributed by atoms with E-state index >= 15 is 0 Å². The van der Waals surface area contributed by atoms with Crippen molar-refractivity contribution in [3.8, 4) is 0 Å². The molecule has 1 aromatic rings. The zero-order chi connectivity index (χ0) is 17.5. The molecule has 2 unspecified atom stereocenters. The number of nitrogens with one attached hydrogen (secondary N) is 2. The third-order valence-corrected chi connectivity index (χ3v) is 3.15. The second-order valence-corrected chi connectivity index (χ2v) is 6.50. The van der Waals surface area contributed by atoms with E-state index in [4.69, 9.17) is 4.74 Å². The molecule has 0 aliphatic rings. The molecule has 0 aliphatic carbocycles. The minimum atomic E-state index is -0.993. The van der Waals surface area contributed by atoms with Crippen molar-refractivity contribution in [1.29, 1.82) is 0 Å². The molecule has 0 spiro atoms. The second kappa shape index (κ2) is 8.86. The van der Waals surface area contributed by atoms with Gasteiger partial charge in [0.2, 0.25) is 0 Å². The maximum absolute atomic E-state index is 11.5. The number of rotatable bonds is 7. The van der Waals surface area contributed by atoms with Crippen LogP contribution in [0.25, 0.3) is 0 Å². The summed E-state index contributed by atoms with van der Waals surface area (Å²) in [5.41, 5.74) is 1.13. The number of hydrogen-bond donors (Lipinski definition) is 4. The summed E-state index contributed by atoms with van der Waals surface area (Å²) in [7, 11) is 1.85. The number of ether oxygens (including phenoxy) is 1. The summed E-state index contributed by atoms with van der Waals surface area (Å²) in [5.74, 6) is 0. The van der Waals surface area contributed by atoms with Crippen LogP contribution in [0.2, 0.25) is 0 Å². The quantitative estimate of drug-likeness (QED) is 0.613. The topological polar surface area (TPSA) is 90.8 Å². The fourth-order valence-corrected chi connectivity index (χ4v) is 2.11. The summed E-state index contributed by atoms with van der Waals surface area (Å²) in [5, 5.41) is 25.9. The van der Waals surface area contributed by atoms with Gasteiger partial charge in [-0.2, -0.15) is 0 Å². The van der Waals surface area contributed by atoms with Gasteiger partial charge in [0.1, 0.15) is 11.7 Å². The Balaban J connectivity index is 2.46. The van der Waals surface area contributed by atoms with Gasteiger partial charge in [-0.3, -0.25) is 0 Å². The second-order valence-electron chi connectivity index (χ2n) is 6.50. The maximum Gasteiger partial charge on any atom is 0.407 e. The van der Waals surface area contributed by atoms with Crippen LogP contribution in [-0.4, -0.2) is 41.6 Å². The van der Waals surface area contributed by atoms with Crippen LogP contribution in [0, 0.1) is 0 Å². The van der Waals surface area contributed by atoms with Gasteiger partial charge < -0.3 is 25.6 Å². The molecule has 6 nitrogen and oxygen atoms in total. The smallest absolute Gasteiger partial charge is 0.407 e. The number of carbonyl (C=O) groups is 1. The van der Waals surface area contributed by atoms with E-state index < -0.39 is 23.9 Å². The van der Waals surface area contributed by atoms with Crippen molar-refractivity contribution < 1.29 is 19.7 Å². The molecule has 130 valence electrons. The molecule has 1 amide bonds. The molecule has 0 radical (unpaired) electrons. The third-order valence-electron chi connectivity index (χ3n) is 3.15. The van der Waals surface area contributed by atoms with Crippen LogP contribution in [0.15, 0.2) is 24.3 Å². The first-order valence-corrected chi connectivity index (χ1v) is 7.79. The lowest BCUT2D eigenvalue weighted by Crippen LogP contribution is -2.34. The largest absolute Gasteiger partial charge is 0.444 e. The van der Waals surface area contributed by atoms with Crippen LogP contribution in [0.1, 0.15) is 44.4 Å². The van der Waals surface area contributed by atoms with Gasteiger partial charge in [0.15, 0.2) is 0 Å². The number of amides is 1. The minimum absolute atomic E-state index is 0.226. The van der Waals surface area contributed by atoms with Crippen LogP contribution >= 0.6 is 0 Å². The van der Waals surface area contributed by atoms with E-state index in [1.807, 2.05) is 25.2 Å². The van der Waals surface area contributed by atoms with Gasteiger partial charge in [-0.1, -0.05) is 24.3 Å². The van der Waals surface area contributed by atoms with Crippen molar-refractivity contribution in [2.45, 2.75) is 51.5 Å². The summed E-state index contributed by atoms with van der Waals surface area (Å²) < 4.78 is 5.11. The fourth-order valence-electron chi connectivity index (χ4n) is 2.11. The first-order valence-electron chi connectivity index (χ1n) is 7.79. The van der Waals surface area contributed by atoms with E-state index in [1.165, 1.54) is 0 Å². The number of hydrogen-bond acceptors (Lipinski definition) is 5. The molecular formula is C17H28N2O4. The zero-order valence-corrected chi connectivity index (χ0v) is 14.3. The fraction of sp³-hybridized carbons (Fsp3) is 0.588. The van der Waals surface area contributed by atoms with Gasteiger partial charge >= 0.3 is 6.09 Å². The lowest BCUT2D eigenvalue weighted by molar-refractivity contribution is 0.0123. The van der Waals surface area contributed by atoms with E-state index in [0.717, 1.165) is 5.56 Å². The molecule has 1 aromatic carbocycles. The average molecular weight is 324 g/mol. The van der Waals surface area contributed by atoms with Gasteiger partial charge in [-0.15, -0.1) is 0 Å². The molecule has 2 atom stereocenters. The summed E-state index contributed by atoms with van der Waals surface area (Å²) in [6, 6.07) is 7.42. The predicted octanol–water partition coefficient (Wildman–Crippen LogP) is 1.72. The maximum atomic E-state index is 11.5. The van der Waals surface area contributed by atoms with Crippen LogP contribution in [0.5, 0.6) is 0 Å². The molecule has 0 saturated heterocycles. The Labute approximate surface area is 137 Å². The highest BCUT2D eigenvalue weighted by Crippen LogP contribution is 2.20. The van der Waals surface area contributed by atoms with E-state index in [-0.39, 0.29) is 13.0 Å². The molecule has 0 bridgehead atoms. The number of aliphatic hydroxyl groups is 2. The molecule has 1 rings (SSSR count). The number of benzene rings is 1. The SMILES string of the molecule is CNCc1cccc(C(O)C(O)CCNC(=O)OC(C)(C)C)c1. The molecule has 0 saturated carbocycles. The van der Waals surface area contributed by atoms with Crippen molar-refractivity contribution in [2.75, 3.05) is 13.6 Å². The van der Waals surface area contributed by atoms with Crippen molar-refractivity contribution in [3.05, 3.63) is 35.4 Å². The highest BCUT2D eigenvalue weighted by atomic mass is 16.6. The van der Waals surface area contributed by atoms with Gasteiger partial charge in [0.05, 0.1) is 6.10 Å². The van der Waals surface area contributed by atoms with Gasteiger partial charge in [0.25, 0.3) is 0 Å². The van der Waals surface area contributed by atoms with Crippen molar-refractivity contribution in [1.82, 2.24) is 10.6 Å². The first-order chi connectivity index (χ1) is 10.7. The van der Waals surface area contributed by atoms with E-state index in [2.05, 4.69) is 10.6 Å². The number of aliphatic hydroxyl groups excluding tert-OH is 2. The van der Waals surface area contributed by atoms with Gasteiger partial charge in [-0.25, -0.2) is 4.79 Å². The lowest BCUT2D eigenvalue weighted by atomic mass is 10.00. The van der Waals surface area contributed by atoms with E-state index in [0.29, 0.717) is 12.1 Å². The average Bonchev–Trinajstić information content (AvgIpc) is 2.45. The molecule has 6 heteroatoms. The minimum Gasteiger partial charge on any atom is -0.444 e. The Kier molecular flexibility index (Phi) is 7.48. The van der Waals surface area contributed by atoms with Crippen LogP contribution < -0.4 is 10.6 Å². The Bertz CT molecular complexity index is 500. The Morgan fingerprint density at radius 1 is 1.30 bits per heavy atom. The molecular weight excluding hydrogens is 296 g/mol. The highest BCUT2D eigenvalue weighted by molar-refractivity contribution is 5.67. The first kappa shape index (κ1) is 19.4. The molecule has 0 aliphatic heterocycles. The van der Waals surface area contributed by atoms with E-state index in [9.17, 15) is 15.0 Å². The van der Waals surface area contributed by atoms with Crippen molar-refractivity contribution >= 4 is 6.09 Å². The Morgan fingerprint density at radius 3 is 2.61 bits per heavy atom. The molecule has 0 heterocycles. The Hall–Kier alpha value is -1.63. The predicted molar refractivity (Wildman–Crippen MR) is 89.0 cm³/mol. The number of carbonyl (C=O) groups excluding carboxylic acids is 1. The molecule has 23 heavy (non-hydrogen) atoms.